The smallest absolute Gasteiger partial charge is 0.271 e. The Morgan fingerprint density at radius 3 is 2.67 bits per heavy atom. The Hall–Kier alpha value is -2.87. The highest BCUT2D eigenvalue weighted by molar-refractivity contribution is 5.80. The fourth-order valence-corrected chi connectivity index (χ4v) is 2.71. The molecular formula is C16H20N6O2. The molecule has 1 aliphatic heterocycles. The summed E-state index contributed by atoms with van der Waals surface area (Å²) >= 11 is 0. The van der Waals surface area contributed by atoms with Crippen LogP contribution in [0.1, 0.15) is 0 Å². The number of nitro groups is 1. The maximum atomic E-state index is 11.1. The number of pyridine rings is 1. The van der Waals surface area contributed by atoms with Crippen molar-refractivity contribution in [3.63, 3.8) is 0 Å². The number of nitrogen functional groups attached to an aromatic ring is 1. The van der Waals surface area contributed by atoms with Crippen LogP contribution in [0.4, 0.5) is 28.6 Å². The van der Waals surface area contributed by atoms with E-state index in [0.29, 0.717) is 17.2 Å². The Balaban J connectivity index is 1.96. The molecule has 0 amide bonds. The van der Waals surface area contributed by atoms with Crippen molar-refractivity contribution in [1.82, 2.24) is 9.88 Å². The molecule has 1 aromatic carbocycles. The molecule has 1 saturated heterocycles. The molecule has 0 atom stereocenters. The summed E-state index contributed by atoms with van der Waals surface area (Å²) in [5.74, 6) is 0.494. The molecule has 3 rings (SSSR count). The normalized spacial score (nSPS) is 15.3. The van der Waals surface area contributed by atoms with Gasteiger partial charge in [0, 0.05) is 44.5 Å². The molecule has 0 aliphatic carbocycles. The molecule has 0 spiro atoms. The number of aromatic nitrogens is 1. The van der Waals surface area contributed by atoms with Gasteiger partial charge < -0.3 is 20.9 Å². The first-order valence-electron chi connectivity index (χ1n) is 7.74. The second kappa shape index (κ2) is 6.71. The molecule has 0 radical (unpaired) electrons. The lowest BCUT2D eigenvalue weighted by Crippen LogP contribution is -2.44. The van der Waals surface area contributed by atoms with Gasteiger partial charge in [-0.05, 0) is 25.2 Å². The lowest BCUT2D eigenvalue weighted by molar-refractivity contribution is -0.384. The van der Waals surface area contributed by atoms with E-state index in [1.54, 1.807) is 24.4 Å². The quantitative estimate of drug-likeness (QED) is 0.654. The van der Waals surface area contributed by atoms with Gasteiger partial charge in [0.1, 0.15) is 0 Å². The number of nitrogens with one attached hydrogen (secondary N) is 1. The second-order valence-electron chi connectivity index (χ2n) is 5.82. The van der Waals surface area contributed by atoms with Crippen molar-refractivity contribution in [3.05, 3.63) is 46.6 Å². The predicted octanol–water partition coefficient (Wildman–Crippen LogP) is 2.07. The average molecular weight is 328 g/mol. The van der Waals surface area contributed by atoms with Crippen molar-refractivity contribution in [1.29, 1.82) is 0 Å². The summed E-state index contributed by atoms with van der Waals surface area (Å²) in [6.07, 6.45) is 1.63. The fourth-order valence-electron chi connectivity index (χ4n) is 2.71. The van der Waals surface area contributed by atoms with Crippen LogP contribution in [0.5, 0.6) is 0 Å². The highest BCUT2D eigenvalue weighted by Gasteiger charge is 2.20. The van der Waals surface area contributed by atoms with Crippen LogP contribution in [-0.4, -0.2) is 48.0 Å². The second-order valence-corrected chi connectivity index (χ2v) is 5.82. The number of nitrogens with zero attached hydrogens (tertiary/aromatic N) is 4. The number of hydrogen-bond donors (Lipinski definition) is 2. The van der Waals surface area contributed by atoms with Crippen LogP contribution < -0.4 is 16.0 Å². The number of non-ortho nitro benzene ring substituents is 1. The largest absolute Gasteiger partial charge is 0.396 e. The lowest BCUT2D eigenvalue weighted by atomic mass is 10.2. The van der Waals surface area contributed by atoms with Gasteiger partial charge >= 0.3 is 0 Å². The molecule has 24 heavy (non-hydrogen) atoms. The van der Waals surface area contributed by atoms with Gasteiger partial charge in [0.2, 0.25) is 0 Å². The predicted molar refractivity (Wildman–Crippen MR) is 94.7 cm³/mol. The number of benzene rings is 1. The summed E-state index contributed by atoms with van der Waals surface area (Å²) in [7, 11) is 2.08. The third-order valence-corrected chi connectivity index (χ3v) is 4.13. The van der Waals surface area contributed by atoms with E-state index >= 15 is 0 Å². The van der Waals surface area contributed by atoms with Crippen molar-refractivity contribution in [3.8, 4) is 0 Å². The van der Waals surface area contributed by atoms with Crippen molar-refractivity contribution in [2.45, 2.75) is 0 Å². The first-order valence-corrected chi connectivity index (χ1v) is 7.74. The monoisotopic (exact) mass is 328 g/mol. The maximum absolute atomic E-state index is 11.1. The highest BCUT2D eigenvalue weighted by Crippen LogP contribution is 2.33. The van der Waals surface area contributed by atoms with Gasteiger partial charge in [-0.15, -0.1) is 0 Å². The standard InChI is InChI=1S/C16H20N6O2/c1-20-7-9-21(10-8-20)15-5-4-12(22(23)24)11-14(15)19-16-13(17)3-2-6-18-16/h2-6,11H,7-10,17H2,1H3,(H,18,19). The molecule has 0 bridgehead atoms. The van der Waals surface area contributed by atoms with Crippen LogP contribution in [0.15, 0.2) is 36.5 Å². The minimum Gasteiger partial charge on any atom is -0.396 e. The van der Waals surface area contributed by atoms with Crippen molar-refractivity contribution in [2.24, 2.45) is 0 Å². The lowest BCUT2D eigenvalue weighted by Gasteiger charge is -2.35. The van der Waals surface area contributed by atoms with Crippen molar-refractivity contribution < 1.29 is 4.92 Å². The van der Waals surface area contributed by atoms with E-state index in [1.807, 2.05) is 0 Å². The summed E-state index contributed by atoms with van der Waals surface area (Å²) in [4.78, 5) is 19.4. The van der Waals surface area contributed by atoms with Gasteiger partial charge in [-0.3, -0.25) is 10.1 Å². The number of hydrogen-bond acceptors (Lipinski definition) is 7. The minimum absolute atomic E-state index is 0.0323. The minimum atomic E-state index is -0.402. The molecule has 1 aliphatic rings. The topological polar surface area (TPSA) is 101 Å². The van der Waals surface area contributed by atoms with E-state index in [-0.39, 0.29) is 5.69 Å². The molecule has 0 unspecified atom stereocenters. The van der Waals surface area contributed by atoms with E-state index in [9.17, 15) is 10.1 Å². The van der Waals surface area contributed by atoms with Crippen LogP contribution in [0, 0.1) is 10.1 Å². The van der Waals surface area contributed by atoms with Gasteiger partial charge in [0.05, 0.1) is 22.0 Å². The summed E-state index contributed by atoms with van der Waals surface area (Å²) in [5, 5.41) is 14.3. The zero-order valence-corrected chi connectivity index (χ0v) is 13.5. The van der Waals surface area contributed by atoms with E-state index < -0.39 is 4.92 Å². The number of nitro benzene ring substituents is 1. The molecule has 3 N–H and O–H groups in total. The molecule has 2 heterocycles. The SMILES string of the molecule is CN1CCN(c2ccc([N+](=O)[O-])cc2Nc2ncccc2N)CC1. The first-order chi connectivity index (χ1) is 11.5. The number of likely N-dealkylation sites (N-methyl/N-ethyl adjacent to an activating group) is 1. The van der Waals surface area contributed by atoms with E-state index in [4.69, 9.17) is 5.73 Å². The zero-order chi connectivity index (χ0) is 17.1. The molecule has 126 valence electrons. The van der Waals surface area contributed by atoms with Gasteiger partial charge in [0.15, 0.2) is 5.82 Å². The van der Waals surface area contributed by atoms with Gasteiger partial charge in [-0.25, -0.2) is 4.98 Å². The Bertz CT molecular complexity index is 743. The molecule has 8 heteroatoms. The number of nitrogens with two attached hydrogens (primary N) is 1. The van der Waals surface area contributed by atoms with Gasteiger partial charge in [-0.1, -0.05) is 0 Å². The molecule has 8 nitrogen and oxygen atoms in total. The summed E-state index contributed by atoms with van der Waals surface area (Å²) < 4.78 is 0. The third kappa shape index (κ3) is 3.38. The van der Waals surface area contributed by atoms with Crippen LogP contribution in [-0.2, 0) is 0 Å². The van der Waals surface area contributed by atoms with Crippen LogP contribution >= 0.6 is 0 Å². The summed E-state index contributed by atoms with van der Waals surface area (Å²) in [5.41, 5.74) is 8.01. The Labute approximate surface area is 140 Å². The van der Waals surface area contributed by atoms with Crippen LogP contribution in [0.3, 0.4) is 0 Å². The molecule has 1 aromatic heterocycles. The molecule has 0 saturated carbocycles. The molecular weight excluding hydrogens is 308 g/mol. The Morgan fingerprint density at radius 1 is 1.25 bits per heavy atom. The van der Waals surface area contributed by atoms with Crippen LogP contribution in [0.25, 0.3) is 0 Å². The number of rotatable bonds is 4. The van der Waals surface area contributed by atoms with Gasteiger partial charge in [0.25, 0.3) is 5.69 Å². The Kier molecular flexibility index (Phi) is 4.48. The first kappa shape index (κ1) is 16.0. The third-order valence-electron chi connectivity index (χ3n) is 4.13. The van der Waals surface area contributed by atoms with Crippen molar-refractivity contribution in [2.75, 3.05) is 49.2 Å². The zero-order valence-electron chi connectivity index (χ0n) is 13.5. The Morgan fingerprint density at radius 2 is 2.00 bits per heavy atom. The molecule has 1 fully saturated rings. The average Bonchev–Trinajstić information content (AvgIpc) is 2.58. The van der Waals surface area contributed by atoms with Gasteiger partial charge in [-0.2, -0.15) is 0 Å². The maximum Gasteiger partial charge on any atom is 0.271 e. The molecule has 2 aromatic rings. The van der Waals surface area contributed by atoms with Crippen LogP contribution in [0.2, 0.25) is 0 Å². The van der Waals surface area contributed by atoms with E-state index in [2.05, 4.69) is 27.1 Å². The van der Waals surface area contributed by atoms with Crippen molar-refractivity contribution >= 4 is 28.6 Å². The number of anilines is 4. The summed E-state index contributed by atoms with van der Waals surface area (Å²) in [6.45, 7) is 3.62. The summed E-state index contributed by atoms with van der Waals surface area (Å²) in [6, 6.07) is 8.32. The highest BCUT2D eigenvalue weighted by atomic mass is 16.6. The fraction of sp³-hybridized carbons (Fsp3) is 0.312. The number of piperazine rings is 1. The van der Waals surface area contributed by atoms with E-state index in [1.165, 1.54) is 12.1 Å². The van der Waals surface area contributed by atoms with E-state index in [0.717, 1.165) is 31.9 Å².